The molecule has 20 heavy (non-hydrogen) atoms. The fourth-order valence-corrected chi connectivity index (χ4v) is 2.48. The maximum absolute atomic E-state index is 13.3. The Morgan fingerprint density at radius 2 is 1.85 bits per heavy atom. The minimum atomic E-state index is -5.67. The molecule has 0 aromatic heterocycles. The van der Waals surface area contributed by atoms with Crippen LogP contribution in [0.25, 0.3) is 0 Å². The summed E-state index contributed by atoms with van der Waals surface area (Å²) < 4.78 is 63.5. The summed E-state index contributed by atoms with van der Waals surface area (Å²) in [5, 5.41) is 2.51. The quantitative estimate of drug-likeness (QED) is 0.635. The standard InChI is InChI=1S/C12H9BrF5NO/c13-9(11(14,15)12(16,17)18)7-2-1-6-3-4-19-10(20)8(6)5-7/h1-2,5,9H,3-4H2,(H,19,20). The van der Waals surface area contributed by atoms with Crippen molar-refractivity contribution in [1.82, 2.24) is 5.32 Å². The molecule has 0 radical (unpaired) electrons. The predicted molar refractivity (Wildman–Crippen MR) is 65.1 cm³/mol. The molecule has 0 aliphatic carbocycles. The summed E-state index contributed by atoms with van der Waals surface area (Å²) >= 11 is 2.39. The van der Waals surface area contributed by atoms with Gasteiger partial charge in [-0.2, -0.15) is 22.0 Å². The Bertz CT molecular complexity index is 543. The molecular formula is C12H9BrF5NO. The Kier molecular flexibility index (Phi) is 3.79. The summed E-state index contributed by atoms with van der Waals surface area (Å²) in [6, 6.07) is 3.66. The lowest BCUT2D eigenvalue weighted by atomic mass is 9.95. The van der Waals surface area contributed by atoms with Gasteiger partial charge in [0.2, 0.25) is 0 Å². The van der Waals surface area contributed by atoms with E-state index in [4.69, 9.17) is 0 Å². The normalized spacial score (nSPS) is 17.4. The highest BCUT2D eigenvalue weighted by atomic mass is 79.9. The molecule has 0 spiro atoms. The molecule has 2 nitrogen and oxygen atoms in total. The Labute approximate surface area is 119 Å². The highest BCUT2D eigenvalue weighted by Gasteiger charge is 2.62. The number of carbonyl (C=O) groups excluding carboxylic acids is 1. The number of fused-ring (bicyclic) bond motifs is 1. The molecule has 1 N–H and O–H groups in total. The first-order valence-corrected chi connectivity index (χ1v) is 6.56. The number of alkyl halides is 6. The van der Waals surface area contributed by atoms with E-state index in [1.165, 1.54) is 12.1 Å². The van der Waals surface area contributed by atoms with Gasteiger partial charge in [0, 0.05) is 12.1 Å². The molecule has 1 amide bonds. The fourth-order valence-electron chi connectivity index (χ4n) is 1.94. The van der Waals surface area contributed by atoms with Crippen LogP contribution in [0.4, 0.5) is 22.0 Å². The van der Waals surface area contributed by atoms with E-state index in [2.05, 4.69) is 21.2 Å². The maximum Gasteiger partial charge on any atom is 0.454 e. The molecule has 2 rings (SSSR count). The van der Waals surface area contributed by atoms with Crippen LogP contribution in [0.2, 0.25) is 0 Å². The number of hydrogen-bond donors (Lipinski definition) is 1. The monoisotopic (exact) mass is 357 g/mol. The topological polar surface area (TPSA) is 29.1 Å². The van der Waals surface area contributed by atoms with Crippen LogP contribution in [0.15, 0.2) is 18.2 Å². The van der Waals surface area contributed by atoms with Crippen LogP contribution in [0.5, 0.6) is 0 Å². The maximum atomic E-state index is 13.3. The van der Waals surface area contributed by atoms with Crippen molar-refractivity contribution in [3.8, 4) is 0 Å². The summed E-state index contributed by atoms with van der Waals surface area (Å²) in [6.07, 6.45) is -5.15. The molecule has 110 valence electrons. The summed E-state index contributed by atoms with van der Waals surface area (Å²) in [7, 11) is 0. The zero-order chi connectivity index (χ0) is 15.1. The van der Waals surface area contributed by atoms with Crippen molar-refractivity contribution in [3.63, 3.8) is 0 Å². The highest BCUT2D eigenvalue weighted by Crippen LogP contribution is 2.49. The van der Waals surface area contributed by atoms with Gasteiger partial charge in [-0.05, 0) is 23.6 Å². The minimum absolute atomic E-state index is 0.135. The van der Waals surface area contributed by atoms with Crippen molar-refractivity contribution in [3.05, 3.63) is 34.9 Å². The Morgan fingerprint density at radius 3 is 2.45 bits per heavy atom. The second-order valence-electron chi connectivity index (χ2n) is 4.41. The summed E-state index contributed by atoms with van der Waals surface area (Å²) in [5.74, 6) is -5.39. The second kappa shape index (κ2) is 4.98. The van der Waals surface area contributed by atoms with Gasteiger partial charge in [0.05, 0.1) is 0 Å². The van der Waals surface area contributed by atoms with Gasteiger partial charge in [0.15, 0.2) is 0 Å². The molecular weight excluding hydrogens is 349 g/mol. The lowest BCUT2D eigenvalue weighted by Crippen LogP contribution is -2.40. The van der Waals surface area contributed by atoms with E-state index in [1.54, 1.807) is 0 Å². The molecule has 1 atom stereocenters. The number of halogens is 6. The molecule has 1 aliphatic rings. The van der Waals surface area contributed by atoms with Gasteiger partial charge in [-0.1, -0.05) is 28.1 Å². The van der Waals surface area contributed by atoms with Crippen LogP contribution in [0, 0.1) is 0 Å². The van der Waals surface area contributed by atoms with Crippen LogP contribution in [0.1, 0.15) is 26.3 Å². The average molecular weight is 358 g/mol. The van der Waals surface area contributed by atoms with Crippen molar-refractivity contribution in [2.45, 2.75) is 23.3 Å². The van der Waals surface area contributed by atoms with Crippen LogP contribution in [-0.2, 0) is 6.42 Å². The van der Waals surface area contributed by atoms with Crippen molar-refractivity contribution in [2.24, 2.45) is 0 Å². The van der Waals surface area contributed by atoms with E-state index in [9.17, 15) is 26.7 Å². The third-order valence-corrected chi connectivity index (χ3v) is 4.15. The lowest BCUT2D eigenvalue weighted by molar-refractivity contribution is -0.281. The number of benzene rings is 1. The van der Waals surface area contributed by atoms with Gasteiger partial charge in [-0.15, -0.1) is 0 Å². The third kappa shape index (κ3) is 2.53. The van der Waals surface area contributed by atoms with Gasteiger partial charge in [0.1, 0.15) is 4.83 Å². The van der Waals surface area contributed by atoms with Crippen LogP contribution < -0.4 is 5.32 Å². The fraction of sp³-hybridized carbons (Fsp3) is 0.417. The number of rotatable bonds is 2. The van der Waals surface area contributed by atoms with Gasteiger partial charge in [-0.3, -0.25) is 4.79 Å². The molecule has 1 aliphatic heterocycles. The first-order chi connectivity index (χ1) is 9.14. The van der Waals surface area contributed by atoms with Crippen molar-refractivity contribution in [1.29, 1.82) is 0 Å². The van der Waals surface area contributed by atoms with E-state index in [0.29, 0.717) is 18.5 Å². The molecule has 8 heteroatoms. The molecule has 1 aromatic rings. The SMILES string of the molecule is O=C1NCCc2ccc(C(Br)C(F)(F)C(F)(F)F)cc21. The zero-order valence-electron chi connectivity index (χ0n) is 9.90. The molecule has 0 saturated carbocycles. The number of amides is 1. The van der Waals surface area contributed by atoms with Crippen LogP contribution in [-0.4, -0.2) is 24.6 Å². The second-order valence-corrected chi connectivity index (χ2v) is 5.32. The van der Waals surface area contributed by atoms with Crippen molar-refractivity contribution >= 4 is 21.8 Å². The van der Waals surface area contributed by atoms with Gasteiger partial charge in [-0.25, -0.2) is 0 Å². The summed E-state index contributed by atoms with van der Waals surface area (Å²) in [5.41, 5.74) is 0.479. The molecule has 1 unspecified atom stereocenters. The van der Waals surface area contributed by atoms with E-state index in [1.807, 2.05) is 0 Å². The Hall–Kier alpha value is -1.18. The Morgan fingerprint density at radius 1 is 1.20 bits per heavy atom. The van der Waals surface area contributed by atoms with Gasteiger partial charge in [0.25, 0.3) is 5.91 Å². The first-order valence-electron chi connectivity index (χ1n) is 5.64. The number of hydrogen-bond acceptors (Lipinski definition) is 1. The van der Waals surface area contributed by atoms with Gasteiger partial charge < -0.3 is 5.32 Å². The number of carbonyl (C=O) groups is 1. The van der Waals surface area contributed by atoms with E-state index >= 15 is 0 Å². The zero-order valence-corrected chi connectivity index (χ0v) is 11.5. The molecule has 1 heterocycles. The van der Waals surface area contributed by atoms with Crippen molar-refractivity contribution in [2.75, 3.05) is 6.54 Å². The average Bonchev–Trinajstić information content (AvgIpc) is 2.36. The molecule has 0 fully saturated rings. The number of nitrogens with one attached hydrogen (secondary N) is 1. The Balaban J connectivity index is 2.39. The molecule has 0 saturated heterocycles. The molecule has 0 bridgehead atoms. The summed E-state index contributed by atoms with van der Waals surface area (Å²) in [4.78, 5) is 9.33. The van der Waals surface area contributed by atoms with E-state index in [-0.39, 0.29) is 11.1 Å². The predicted octanol–water partition coefficient (Wildman–Crippen LogP) is 3.61. The van der Waals surface area contributed by atoms with Crippen molar-refractivity contribution < 1.29 is 26.7 Å². The lowest BCUT2D eigenvalue weighted by Gasteiger charge is -2.26. The highest BCUT2D eigenvalue weighted by molar-refractivity contribution is 9.09. The molecule has 1 aromatic carbocycles. The minimum Gasteiger partial charge on any atom is -0.352 e. The third-order valence-electron chi connectivity index (χ3n) is 3.05. The van der Waals surface area contributed by atoms with Crippen LogP contribution in [0.3, 0.4) is 0 Å². The van der Waals surface area contributed by atoms with Gasteiger partial charge >= 0.3 is 12.1 Å². The smallest absolute Gasteiger partial charge is 0.352 e. The largest absolute Gasteiger partial charge is 0.454 e. The summed E-state index contributed by atoms with van der Waals surface area (Å²) in [6.45, 7) is 0.418. The van der Waals surface area contributed by atoms with E-state index in [0.717, 1.165) is 6.07 Å². The van der Waals surface area contributed by atoms with E-state index < -0.39 is 22.8 Å². The first kappa shape index (κ1) is 15.2. The van der Waals surface area contributed by atoms with Crippen LogP contribution >= 0.6 is 15.9 Å².